The van der Waals surface area contributed by atoms with E-state index >= 15 is 0 Å². The first-order valence-electron chi connectivity index (χ1n) is 8.68. The average Bonchev–Trinajstić information content (AvgIpc) is 2.92. The van der Waals surface area contributed by atoms with Crippen LogP contribution in [-0.2, 0) is 19.3 Å². The van der Waals surface area contributed by atoms with E-state index in [4.69, 9.17) is 0 Å². The van der Waals surface area contributed by atoms with Crippen molar-refractivity contribution in [3.05, 3.63) is 93.2 Å². The number of carbonyl (C=O) groups is 1. The lowest BCUT2D eigenvalue weighted by Gasteiger charge is -2.11. The predicted molar refractivity (Wildman–Crippen MR) is 99.5 cm³/mol. The fourth-order valence-corrected chi connectivity index (χ4v) is 3.16. The van der Waals surface area contributed by atoms with Crippen LogP contribution in [0.2, 0.25) is 0 Å². The summed E-state index contributed by atoms with van der Waals surface area (Å²) in [4.78, 5) is 24.6. The van der Waals surface area contributed by atoms with E-state index in [9.17, 15) is 22.8 Å². The molecule has 0 bridgehead atoms. The van der Waals surface area contributed by atoms with E-state index in [2.05, 4.69) is 0 Å². The Kier molecular flexibility index (Phi) is 5.27. The molecular formula is C21H19F3N2O2. The minimum atomic E-state index is -4.58. The van der Waals surface area contributed by atoms with Crippen molar-refractivity contribution in [1.29, 1.82) is 0 Å². The minimum Gasteiger partial charge on any atom is -0.344 e. The number of benzene rings is 1. The first-order valence-corrected chi connectivity index (χ1v) is 8.68. The zero-order chi connectivity index (χ0) is 20.5. The largest absolute Gasteiger partial charge is 0.417 e. The number of carbonyl (C=O) groups excluding carboxylic acids is 1. The highest BCUT2D eigenvalue weighted by Crippen LogP contribution is 2.28. The van der Waals surface area contributed by atoms with Gasteiger partial charge in [0.05, 0.1) is 12.1 Å². The molecule has 0 aliphatic carbocycles. The quantitative estimate of drug-likeness (QED) is 0.615. The van der Waals surface area contributed by atoms with Gasteiger partial charge in [0.25, 0.3) is 5.56 Å². The van der Waals surface area contributed by atoms with Crippen LogP contribution in [0.1, 0.15) is 32.9 Å². The molecule has 3 rings (SSSR count). The molecule has 0 unspecified atom stereocenters. The van der Waals surface area contributed by atoms with Crippen LogP contribution in [0.5, 0.6) is 0 Å². The number of rotatable bonds is 5. The van der Waals surface area contributed by atoms with Crippen LogP contribution in [-0.4, -0.2) is 14.9 Å². The summed E-state index contributed by atoms with van der Waals surface area (Å²) in [6.07, 6.45) is -3.90. The molecule has 0 atom stereocenters. The Bertz CT molecular complexity index is 1060. The van der Waals surface area contributed by atoms with Crippen molar-refractivity contribution < 1.29 is 18.0 Å². The summed E-state index contributed by atoms with van der Waals surface area (Å²) in [5.41, 5.74) is 1.43. The van der Waals surface area contributed by atoms with Crippen LogP contribution in [0.25, 0.3) is 0 Å². The van der Waals surface area contributed by atoms with Crippen molar-refractivity contribution in [3.8, 4) is 0 Å². The van der Waals surface area contributed by atoms with Crippen molar-refractivity contribution in [1.82, 2.24) is 9.13 Å². The Hall–Kier alpha value is -3.09. The molecule has 0 aliphatic rings. The number of hydrogen-bond donors (Lipinski definition) is 0. The third-order valence-corrected chi connectivity index (χ3v) is 4.68. The summed E-state index contributed by atoms with van der Waals surface area (Å²) >= 11 is 0. The molecule has 1 aromatic carbocycles. The molecule has 7 heteroatoms. The molecule has 0 N–H and O–H groups in total. The molecule has 28 heavy (non-hydrogen) atoms. The Balaban J connectivity index is 1.88. The van der Waals surface area contributed by atoms with Gasteiger partial charge in [0, 0.05) is 35.8 Å². The normalized spacial score (nSPS) is 11.6. The lowest BCUT2D eigenvalue weighted by Crippen LogP contribution is -2.25. The number of alkyl halides is 3. The van der Waals surface area contributed by atoms with Crippen molar-refractivity contribution in [3.63, 3.8) is 0 Å². The van der Waals surface area contributed by atoms with E-state index in [0.29, 0.717) is 24.0 Å². The van der Waals surface area contributed by atoms with E-state index in [1.165, 1.54) is 0 Å². The zero-order valence-electron chi connectivity index (χ0n) is 15.5. The highest BCUT2D eigenvalue weighted by molar-refractivity contribution is 5.97. The van der Waals surface area contributed by atoms with Crippen LogP contribution in [0.15, 0.2) is 59.5 Å². The van der Waals surface area contributed by atoms with Gasteiger partial charge in [-0.3, -0.25) is 9.59 Å². The molecule has 0 radical (unpaired) electrons. The first-order chi connectivity index (χ1) is 13.2. The van der Waals surface area contributed by atoms with E-state index in [1.54, 1.807) is 13.0 Å². The summed E-state index contributed by atoms with van der Waals surface area (Å²) in [6.45, 7) is 3.79. The molecule has 4 nitrogen and oxygen atoms in total. The smallest absolute Gasteiger partial charge is 0.344 e. The Morgan fingerprint density at radius 3 is 2.36 bits per heavy atom. The second-order valence-corrected chi connectivity index (χ2v) is 6.66. The van der Waals surface area contributed by atoms with Crippen LogP contribution in [0.3, 0.4) is 0 Å². The fraction of sp³-hybridized carbons (Fsp3) is 0.238. The number of pyridine rings is 1. The molecule has 0 spiro atoms. The van der Waals surface area contributed by atoms with E-state index in [-0.39, 0.29) is 0 Å². The van der Waals surface area contributed by atoms with Gasteiger partial charge in [0.2, 0.25) is 0 Å². The third kappa shape index (κ3) is 4.08. The Morgan fingerprint density at radius 1 is 1.04 bits per heavy atom. The van der Waals surface area contributed by atoms with Gasteiger partial charge in [-0.2, -0.15) is 13.2 Å². The summed E-state index contributed by atoms with van der Waals surface area (Å²) in [6, 6.07) is 13.0. The fourth-order valence-electron chi connectivity index (χ4n) is 3.16. The second-order valence-electron chi connectivity index (χ2n) is 6.66. The van der Waals surface area contributed by atoms with Crippen molar-refractivity contribution in [2.45, 2.75) is 33.1 Å². The van der Waals surface area contributed by atoms with Gasteiger partial charge in [0.1, 0.15) is 0 Å². The summed E-state index contributed by atoms with van der Waals surface area (Å²) in [5.74, 6) is -0.408. The number of Topliss-reactive ketones (excluding diaryl/α,β-unsaturated/α-hetero) is 1. The predicted octanol–water partition coefficient (Wildman–Crippen LogP) is 4.22. The van der Waals surface area contributed by atoms with Crippen molar-refractivity contribution in [2.24, 2.45) is 0 Å². The van der Waals surface area contributed by atoms with Gasteiger partial charge in [-0.05, 0) is 31.5 Å². The summed E-state index contributed by atoms with van der Waals surface area (Å²) in [5, 5.41) is 0. The van der Waals surface area contributed by atoms with Gasteiger partial charge >= 0.3 is 6.18 Å². The number of ketones is 1. The van der Waals surface area contributed by atoms with E-state index in [0.717, 1.165) is 28.0 Å². The van der Waals surface area contributed by atoms with Crippen LogP contribution >= 0.6 is 0 Å². The topological polar surface area (TPSA) is 44.0 Å². The van der Waals surface area contributed by atoms with Crippen LogP contribution in [0, 0.1) is 13.8 Å². The van der Waals surface area contributed by atoms with Gasteiger partial charge in [-0.15, -0.1) is 0 Å². The molecule has 0 fully saturated rings. The molecule has 0 amide bonds. The van der Waals surface area contributed by atoms with Crippen LogP contribution in [0.4, 0.5) is 13.2 Å². The number of hydrogen-bond acceptors (Lipinski definition) is 2. The molecule has 3 aromatic rings. The third-order valence-electron chi connectivity index (χ3n) is 4.68. The molecule has 2 aromatic heterocycles. The number of nitrogens with zero attached hydrogens (tertiary/aromatic N) is 2. The molecule has 0 aliphatic heterocycles. The van der Waals surface area contributed by atoms with Crippen molar-refractivity contribution in [2.75, 3.05) is 0 Å². The molecule has 0 saturated heterocycles. The number of aryl methyl sites for hydroxylation is 1. The Morgan fingerprint density at radius 2 is 1.71 bits per heavy atom. The molecular weight excluding hydrogens is 369 g/mol. The molecule has 0 saturated carbocycles. The lowest BCUT2D eigenvalue weighted by molar-refractivity contribution is -0.138. The molecule has 146 valence electrons. The standard InChI is InChI=1S/C21H19F3N2O2/c1-14-10-18(15(2)26(14)11-16-6-4-3-5-7-16)19(27)13-25-12-17(21(22,23)24)8-9-20(25)28/h3-10,12H,11,13H2,1-2H3. The molecule has 2 heterocycles. The highest BCUT2D eigenvalue weighted by Gasteiger charge is 2.31. The maximum absolute atomic E-state index is 12.9. The van der Waals surface area contributed by atoms with Gasteiger partial charge in [-0.25, -0.2) is 0 Å². The Labute approximate surface area is 159 Å². The summed E-state index contributed by atoms with van der Waals surface area (Å²) in [7, 11) is 0. The maximum atomic E-state index is 12.9. The van der Waals surface area contributed by atoms with Gasteiger partial charge in [-0.1, -0.05) is 30.3 Å². The monoisotopic (exact) mass is 388 g/mol. The highest BCUT2D eigenvalue weighted by atomic mass is 19.4. The zero-order valence-corrected chi connectivity index (χ0v) is 15.5. The van der Waals surface area contributed by atoms with E-state index < -0.39 is 29.6 Å². The number of halogens is 3. The average molecular weight is 388 g/mol. The second kappa shape index (κ2) is 7.50. The van der Waals surface area contributed by atoms with E-state index in [1.807, 2.05) is 41.8 Å². The van der Waals surface area contributed by atoms with Gasteiger partial charge < -0.3 is 9.13 Å². The lowest BCUT2D eigenvalue weighted by atomic mass is 10.1. The van der Waals surface area contributed by atoms with Gasteiger partial charge in [0.15, 0.2) is 5.78 Å². The SMILES string of the molecule is Cc1cc(C(=O)Cn2cc(C(F)(F)F)ccc2=O)c(C)n1Cc1ccccc1. The summed E-state index contributed by atoms with van der Waals surface area (Å²) < 4.78 is 41.4. The first kappa shape index (κ1) is 19.7. The van der Waals surface area contributed by atoms with Crippen molar-refractivity contribution >= 4 is 5.78 Å². The minimum absolute atomic E-state index is 0.401. The maximum Gasteiger partial charge on any atom is 0.417 e. The van der Waals surface area contributed by atoms with Crippen LogP contribution < -0.4 is 5.56 Å². The number of aromatic nitrogens is 2.